The molecule has 0 fully saturated rings. The Morgan fingerprint density at radius 1 is 0.818 bits per heavy atom. The van der Waals surface area contributed by atoms with Gasteiger partial charge in [0.05, 0.1) is 14.7 Å². The standard InChI is InChI=1S/C22H19N3O7S/c1-16-2-12-21(13-3-16)33(31,32)23(15-14-17-4-8-19(9-5-17)24(27)28)22(26)18-6-10-20(11-7-18)25(29)30/h2-13H,14-15H2,1H3. The van der Waals surface area contributed by atoms with Gasteiger partial charge >= 0.3 is 0 Å². The number of non-ortho nitro benzene ring substituents is 2. The summed E-state index contributed by atoms with van der Waals surface area (Å²) in [4.78, 5) is 33.6. The summed E-state index contributed by atoms with van der Waals surface area (Å²) in [7, 11) is -4.24. The minimum Gasteiger partial charge on any atom is -0.268 e. The number of aryl methyl sites for hydroxylation is 1. The van der Waals surface area contributed by atoms with Crippen LogP contribution in [0.15, 0.2) is 77.7 Å². The van der Waals surface area contributed by atoms with E-state index in [1.807, 2.05) is 0 Å². The Hall–Kier alpha value is -4.12. The second-order valence-corrected chi connectivity index (χ2v) is 9.04. The molecule has 3 aromatic rings. The first kappa shape index (κ1) is 23.5. The summed E-state index contributed by atoms with van der Waals surface area (Å²) in [5.41, 5.74) is 1.07. The van der Waals surface area contributed by atoms with Crippen molar-refractivity contribution in [3.8, 4) is 0 Å². The van der Waals surface area contributed by atoms with E-state index in [0.29, 0.717) is 9.87 Å². The summed E-state index contributed by atoms with van der Waals surface area (Å²) >= 11 is 0. The van der Waals surface area contributed by atoms with Gasteiger partial charge in [-0.15, -0.1) is 0 Å². The maximum absolute atomic E-state index is 13.3. The molecule has 0 heterocycles. The number of carbonyl (C=O) groups excluding carboxylic acids is 1. The normalized spacial score (nSPS) is 11.1. The van der Waals surface area contributed by atoms with Crippen LogP contribution in [0.4, 0.5) is 11.4 Å². The van der Waals surface area contributed by atoms with Gasteiger partial charge in [-0.1, -0.05) is 29.8 Å². The highest BCUT2D eigenvalue weighted by Gasteiger charge is 2.30. The molecule has 0 aliphatic carbocycles. The van der Waals surface area contributed by atoms with E-state index in [1.165, 1.54) is 48.5 Å². The van der Waals surface area contributed by atoms with Gasteiger partial charge in [0.2, 0.25) is 0 Å². The van der Waals surface area contributed by atoms with Crippen molar-refractivity contribution in [1.29, 1.82) is 0 Å². The van der Waals surface area contributed by atoms with Crippen molar-refractivity contribution in [1.82, 2.24) is 4.31 Å². The molecule has 0 saturated carbocycles. The summed E-state index contributed by atoms with van der Waals surface area (Å²) in [6.07, 6.45) is 0.113. The van der Waals surface area contributed by atoms with Crippen molar-refractivity contribution in [3.05, 3.63) is 110 Å². The predicted molar refractivity (Wildman–Crippen MR) is 119 cm³/mol. The highest BCUT2D eigenvalue weighted by Crippen LogP contribution is 2.22. The Balaban J connectivity index is 1.94. The van der Waals surface area contributed by atoms with Crippen LogP contribution < -0.4 is 0 Å². The van der Waals surface area contributed by atoms with E-state index in [1.54, 1.807) is 19.1 Å². The quantitative estimate of drug-likeness (QED) is 0.360. The zero-order valence-electron chi connectivity index (χ0n) is 17.5. The van der Waals surface area contributed by atoms with E-state index >= 15 is 0 Å². The predicted octanol–water partition coefficient (Wildman–Crippen LogP) is 3.89. The van der Waals surface area contributed by atoms with Crippen LogP contribution in [0.3, 0.4) is 0 Å². The third-order valence-electron chi connectivity index (χ3n) is 4.91. The molecule has 0 spiro atoms. The molecule has 3 aromatic carbocycles. The molecular weight excluding hydrogens is 450 g/mol. The summed E-state index contributed by atoms with van der Waals surface area (Å²) in [6.45, 7) is 1.56. The van der Waals surface area contributed by atoms with Gasteiger partial charge in [0, 0.05) is 36.4 Å². The van der Waals surface area contributed by atoms with Crippen LogP contribution in [0.2, 0.25) is 0 Å². The van der Waals surface area contributed by atoms with Crippen molar-refractivity contribution >= 4 is 27.3 Å². The zero-order valence-corrected chi connectivity index (χ0v) is 18.3. The molecule has 0 N–H and O–H groups in total. The number of nitrogens with zero attached hydrogens (tertiary/aromatic N) is 3. The van der Waals surface area contributed by atoms with E-state index in [9.17, 15) is 33.4 Å². The molecule has 33 heavy (non-hydrogen) atoms. The number of nitro groups is 2. The molecule has 0 aromatic heterocycles. The average Bonchev–Trinajstić information content (AvgIpc) is 2.79. The lowest BCUT2D eigenvalue weighted by Crippen LogP contribution is -2.38. The van der Waals surface area contributed by atoms with Gasteiger partial charge in [0.1, 0.15) is 0 Å². The maximum atomic E-state index is 13.3. The van der Waals surface area contributed by atoms with Crippen LogP contribution in [0.1, 0.15) is 21.5 Å². The Kier molecular flexibility index (Phi) is 6.83. The summed E-state index contributed by atoms with van der Waals surface area (Å²) in [6, 6.07) is 16.2. The Morgan fingerprint density at radius 3 is 1.79 bits per heavy atom. The Morgan fingerprint density at radius 2 is 1.30 bits per heavy atom. The first-order valence-electron chi connectivity index (χ1n) is 9.71. The van der Waals surface area contributed by atoms with Crippen LogP contribution in [-0.4, -0.2) is 35.0 Å². The molecule has 3 rings (SSSR count). The molecule has 10 nitrogen and oxygen atoms in total. The summed E-state index contributed by atoms with van der Waals surface area (Å²) in [5.74, 6) is -0.840. The molecule has 0 aliphatic rings. The molecule has 0 unspecified atom stereocenters. The smallest absolute Gasteiger partial charge is 0.268 e. The molecule has 1 amide bonds. The molecule has 170 valence electrons. The second-order valence-electron chi connectivity index (χ2n) is 7.17. The van der Waals surface area contributed by atoms with Crippen molar-refractivity contribution in [2.45, 2.75) is 18.2 Å². The van der Waals surface area contributed by atoms with E-state index in [4.69, 9.17) is 0 Å². The van der Waals surface area contributed by atoms with E-state index in [2.05, 4.69) is 0 Å². The van der Waals surface area contributed by atoms with Crippen LogP contribution in [0.25, 0.3) is 0 Å². The first-order chi connectivity index (χ1) is 15.6. The van der Waals surface area contributed by atoms with E-state index in [0.717, 1.165) is 17.7 Å². The van der Waals surface area contributed by atoms with E-state index < -0.39 is 25.8 Å². The molecule has 0 aliphatic heterocycles. The largest absolute Gasteiger partial charge is 0.269 e. The first-order valence-corrected chi connectivity index (χ1v) is 11.1. The molecule has 11 heteroatoms. The van der Waals surface area contributed by atoms with Gasteiger partial charge in [-0.2, -0.15) is 0 Å². The topological polar surface area (TPSA) is 141 Å². The monoisotopic (exact) mass is 469 g/mol. The van der Waals surface area contributed by atoms with Gasteiger partial charge in [0.15, 0.2) is 0 Å². The van der Waals surface area contributed by atoms with Crippen LogP contribution >= 0.6 is 0 Å². The molecule has 0 bridgehead atoms. The number of rotatable bonds is 8. The number of nitro benzene ring substituents is 2. The second kappa shape index (κ2) is 9.57. The third kappa shape index (κ3) is 5.39. The number of hydrogen-bond donors (Lipinski definition) is 0. The number of amides is 1. The SMILES string of the molecule is Cc1ccc(S(=O)(=O)N(CCc2ccc([N+](=O)[O-])cc2)C(=O)c2ccc([N+](=O)[O-])cc2)cc1. The number of sulfonamides is 1. The Labute approximate surface area is 189 Å². The highest BCUT2D eigenvalue weighted by atomic mass is 32.2. The number of hydrogen-bond acceptors (Lipinski definition) is 7. The van der Waals surface area contributed by atoms with Gasteiger partial charge < -0.3 is 0 Å². The van der Waals surface area contributed by atoms with E-state index in [-0.39, 0.29) is 34.8 Å². The third-order valence-corrected chi connectivity index (χ3v) is 6.71. The Bertz CT molecular complexity index is 1290. The average molecular weight is 469 g/mol. The zero-order chi connectivity index (χ0) is 24.2. The maximum Gasteiger partial charge on any atom is 0.269 e. The summed E-state index contributed by atoms with van der Waals surface area (Å²) < 4.78 is 27.3. The van der Waals surface area contributed by atoms with Crippen molar-refractivity contribution in [3.63, 3.8) is 0 Å². The molecule has 0 atom stereocenters. The van der Waals surface area contributed by atoms with Crippen molar-refractivity contribution in [2.75, 3.05) is 6.54 Å². The lowest BCUT2D eigenvalue weighted by atomic mass is 10.1. The lowest BCUT2D eigenvalue weighted by molar-refractivity contribution is -0.385. The fourth-order valence-electron chi connectivity index (χ4n) is 3.05. The molecule has 0 radical (unpaired) electrons. The fraction of sp³-hybridized carbons (Fsp3) is 0.136. The minimum atomic E-state index is -4.24. The van der Waals surface area contributed by atoms with Crippen LogP contribution in [0.5, 0.6) is 0 Å². The van der Waals surface area contributed by atoms with Gasteiger partial charge in [0.25, 0.3) is 27.3 Å². The fourth-order valence-corrected chi connectivity index (χ4v) is 4.44. The van der Waals surface area contributed by atoms with Gasteiger partial charge in [-0.3, -0.25) is 25.0 Å². The van der Waals surface area contributed by atoms with Crippen molar-refractivity contribution < 1.29 is 23.1 Å². The van der Waals surface area contributed by atoms with Crippen molar-refractivity contribution in [2.24, 2.45) is 0 Å². The van der Waals surface area contributed by atoms with Gasteiger partial charge in [-0.05, 0) is 43.2 Å². The molecule has 0 saturated heterocycles. The number of benzene rings is 3. The molecular formula is C22H19N3O7S. The lowest BCUT2D eigenvalue weighted by Gasteiger charge is -2.23. The van der Waals surface area contributed by atoms with Gasteiger partial charge in [-0.25, -0.2) is 12.7 Å². The summed E-state index contributed by atoms with van der Waals surface area (Å²) in [5, 5.41) is 21.7. The highest BCUT2D eigenvalue weighted by molar-refractivity contribution is 7.89. The number of carbonyl (C=O) groups is 1. The van der Waals surface area contributed by atoms with Crippen LogP contribution in [-0.2, 0) is 16.4 Å². The van der Waals surface area contributed by atoms with Crippen LogP contribution in [0, 0.1) is 27.2 Å². The minimum absolute atomic E-state index is 0.0278.